The normalized spacial score (nSPS) is 15.2. The summed E-state index contributed by atoms with van der Waals surface area (Å²) in [4.78, 5) is 0. The van der Waals surface area contributed by atoms with E-state index in [4.69, 9.17) is 22.1 Å². The fourth-order valence-corrected chi connectivity index (χ4v) is 2.86. The van der Waals surface area contributed by atoms with Crippen molar-refractivity contribution in [3.8, 4) is 5.75 Å². The van der Waals surface area contributed by atoms with Gasteiger partial charge >= 0.3 is 0 Å². The van der Waals surface area contributed by atoms with Crippen LogP contribution < -0.4 is 10.5 Å². The van der Waals surface area contributed by atoms with E-state index >= 15 is 0 Å². The van der Waals surface area contributed by atoms with Crippen LogP contribution in [0.15, 0.2) is 24.4 Å². The van der Waals surface area contributed by atoms with E-state index in [0.717, 1.165) is 30.0 Å². The van der Waals surface area contributed by atoms with E-state index in [1.165, 1.54) is 5.56 Å². The van der Waals surface area contributed by atoms with Gasteiger partial charge in [0.2, 0.25) is 0 Å². The Kier molecular flexibility index (Phi) is 3.44. The summed E-state index contributed by atoms with van der Waals surface area (Å²) < 4.78 is 7.41. The van der Waals surface area contributed by atoms with Crippen molar-refractivity contribution in [3.63, 3.8) is 0 Å². The highest BCUT2D eigenvalue weighted by Crippen LogP contribution is 2.32. The van der Waals surface area contributed by atoms with Crippen LogP contribution >= 0.6 is 11.6 Å². The first-order valence-corrected chi connectivity index (χ1v) is 7.20. The predicted octanol–water partition coefficient (Wildman–Crippen LogP) is 3.10. The molecule has 4 nitrogen and oxygen atoms in total. The molecule has 1 aliphatic rings. The minimum Gasteiger partial charge on any atom is -0.493 e. The highest BCUT2D eigenvalue weighted by Gasteiger charge is 2.22. The molecule has 0 fully saturated rings. The molecule has 2 N–H and O–H groups in total. The molecular formula is C15H18ClN3O. The Morgan fingerprint density at radius 3 is 2.95 bits per heavy atom. The quantitative estimate of drug-likeness (QED) is 0.945. The van der Waals surface area contributed by atoms with Gasteiger partial charge in [0.1, 0.15) is 5.75 Å². The van der Waals surface area contributed by atoms with Crippen molar-refractivity contribution >= 4 is 11.6 Å². The Morgan fingerprint density at radius 2 is 2.20 bits per heavy atom. The molecule has 1 unspecified atom stereocenters. The van der Waals surface area contributed by atoms with Gasteiger partial charge in [-0.1, -0.05) is 23.7 Å². The molecule has 106 valence electrons. The van der Waals surface area contributed by atoms with Gasteiger partial charge in [-0.15, -0.1) is 0 Å². The Bertz CT molecular complexity index is 636. The van der Waals surface area contributed by atoms with Gasteiger partial charge in [0.05, 0.1) is 29.6 Å². The summed E-state index contributed by atoms with van der Waals surface area (Å²) >= 11 is 6.26. The number of rotatable bonds is 3. The fourth-order valence-electron chi connectivity index (χ4n) is 2.61. The number of aromatic nitrogens is 2. The third-order valence-electron chi connectivity index (χ3n) is 3.64. The van der Waals surface area contributed by atoms with Crippen molar-refractivity contribution in [1.82, 2.24) is 9.78 Å². The zero-order valence-electron chi connectivity index (χ0n) is 11.6. The fraction of sp³-hybridized carbons (Fsp3) is 0.400. The van der Waals surface area contributed by atoms with Gasteiger partial charge in [0, 0.05) is 12.5 Å². The number of nitrogens with two attached hydrogens (primary N) is 1. The molecule has 1 atom stereocenters. The van der Waals surface area contributed by atoms with Crippen LogP contribution in [0.1, 0.15) is 42.8 Å². The summed E-state index contributed by atoms with van der Waals surface area (Å²) in [5.41, 5.74) is 9.52. The molecule has 20 heavy (non-hydrogen) atoms. The molecule has 0 saturated carbocycles. The van der Waals surface area contributed by atoms with Crippen molar-refractivity contribution in [2.45, 2.75) is 32.4 Å². The Morgan fingerprint density at radius 1 is 1.40 bits per heavy atom. The monoisotopic (exact) mass is 291 g/mol. The number of fused-ring (bicyclic) bond motifs is 1. The third-order valence-corrected chi connectivity index (χ3v) is 3.93. The topological polar surface area (TPSA) is 53.1 Å². The molecule has 2 aromatic rings. The minimum absolute atomic E-state index is 0.223. The Balaban J connectivity index is 2.00. The Hall–Kier alpha value is -1.52. The van der Waals surface area contributed by atoms with Crippen LogP contribution in [0.25, 0.3) is 0 Å². The van der Waals surface area contributed by atoms with E-state index in [1.54, 1.807) is 6.20 Å². The maximum atomic E-state index is 6.41. The number of ether oxygens (including phenoxy) is 1. The smallest absolute Gasteiger partial charge is 0.122 e. The lowest BCUT2D eigenvalue weighted by Gasteiger charge is -2.18. The van der Waals surface area contributed by atoms with E-state index in [-0.39, 0.29) is 12.1 Å². The van der Waals surface area contributed by atoms with Crippen LogP contribution in [-0.2, 0) is 6.42 Å². The van der Waals surface area contributed by atoms with Gasteiger partial charge in [0.15, 0.2) is 0 Å². The minimum atomic E-state index is -0.279. The van der Waals surface area contributed by atoms with Gasteiger partial charge in [0.25, 0.3) is 0 Å². The number of hydrogen-bond donors (Lipinski definition) is 1. The van der Waals surface area contributed by atoms with Crippen LogP contribution in [0.3, 0.4) is 0 Å². The van der Waals surface area contributed by atoms with Gasteiger partial charge in [-0.2, -0.15) is 5.10 Å². The van der Waals surface area contributed by atoms with Crippen LogP contribution in [0.4, 0.5) is 0 Å². The largest absolute Gasteiger partial charge is 0.493 e. The van der Waals surface area contributed by atoms with Crippen molar-refractivity contribution < 1.29 is 4.74 Å². The number of hydrogen-bond acceptors (Lipinski definition) is 3. The zero-order valence-corrected chi connectivity index (χ0v) is 12.4. The summed E-state index contributed by atoms with van der Waals surface area (Å²) in [7, 11) is 0. The van der Waals surface area contributed by atoms with Gasteiger partial charge in [-0.3, -0.25) is 4.68 Å². The summed E-state index contributed by atoms with van der Waals surface area (Å²) in [6, 6.07) is 6.05. The lowest BCUT2D eigenvalue weighted by atomic mass is 10.0. The third kappa shape index (κ3) is 2.19. The zero-order chi connectivity index (χ0) is 14.3. The highest BCUT2D eigenvalue weighted by molar-refractivity contribution is 6.31. The van der Waals surface area contributed by atoms with Gasteiger partial charge < -0.3 is 10.5 Å². The predicted molar refractivity (Wildman–Crippen MR) is 79.3 cm³/mol. The lowest BCUT2D eigenvalue weighted by molar-refractivity contribution is 0.357. The van der Waals surface area contributed by atoms with Crippen LogP contribution in [0, 0.1) is 0 Å². The SMILES string of the molecule is CC(C)n1ncc(Cl)c1C(N)c1ccc2c(c1)CCO2. The molecule has 5 heteroatoms. The molecular weight excluding hydrogens is 274 g/mol. The van der Waals surface area contributed by atoms with E-state index in [2.05, 4.69) is 25.0 Å². The van der Waals surface area contributed by atoms with E-state index in [9.17, 15) is 0 Å². The summed E-state index contributed by atoms with van der Waals surface area (Å²) in [6.07, 6.45) is 2.60. The lowest BCUT2D eigenvalue weighted by Crippen LogP contribution is -2.19. The van der Waals surface area contributed by atoms with Gasteiger partial charge in [-0.25, -0.2) is 0 Å². The first kappa shape index (κ1) is 13.5. The maximum Gasteiger partial charge on any atom is 0.122 e. The Labute approximate surface area is 123 Å². The first-order valence-electron chi connectivity index (χ1n) is 6.82. The molecule has 3 rings (SSSR count). The van der Waals surface area contributed by atoms with Crippen LogP contribution in [-0.4, -0.2) is 16.4 Å². The van der Waals surface area contributed by atoms with Crippen molar-refractivity contribution in [3.05, 3.63) is 46.2 Å². The van der Waals surface area contributed by atoms with Crippen molar-refractivity contribution in [2.24, 2.45) is 5.73 Å². The second kappa shape index (κ2) is 5.11. The van der Waals surface area contributed by atoms with E-state index in [0.29, 0.717) is 5.02 Å². The molecule has 1 aromatic carbocycles. The van der Waals surface area contributed by atoms with E-state index < -0.39 is 0 Å². The van der Waals surface area contributed by atoms with E-state index in [1.807, 2.05) is 16.8 Å². The molecule has 1 aromatic heterocycles. The molecule has 0 radical (unpaired) electrons. The number of nitrogens with zero attached hydrogens (tertiary/aromatic N) is 2. The molecule has 0 saturated heterocycles. The summed E-state index contributed by atoms with van der Waals surface area (Å²) in [5, 5.41) is 4.93. The van der Waals surface area contributed by atoms with Crippen LogP contribution in [0.2, 0.25) is 5.02 Å². The highest BCUT2D eigenvalue weighted by atomic mass is 35.5. The standard InChI is InChI=1S/C15H18ClN3O/c1-9(2)19-15(12(16)8-18-19)14(17)11-3-4-13-10(7-11)5-6-20-13/h3-4,7-9,14H,5-6,17H2,1-2H3. The first-order chi connectivity index (χ1) is 9.58. The van der Waals surface area contributed by atoms with Crippen molar-refractivity contribution in [1.29, 1.82) is 0 Å². The average Bonchev–Trinajstić information content (AvgIpc) is 3.03. The molecule has 1 aliphatic heterocycles. The second-order valence-electron chi connectivity index (χ2n) is 5.36. The number of benzene rings is 1. The van der Waals surface area contributed by atoms with Crippen molar-refractivity contribution in [2.75, 3.05) is 6.61 Å². The number of halogens is 1. The molecule has 0 amide bonds. The molecule has 0 bridgehead atoms. The molecule has 0 aliphatic carbocycles. The molecule has 2 heterocycles. The maximum absolute atomic E-state index is 6.41. The molecule has 0 spiro atoms. The summed E-state index contributed by atoms with van der Waals surface area (Å²) in [5.74, 6) is 0.962. The summed E-state index contributed by atoms with van der Waals surface area (Å²) in [6.45, 7) is 4.88. The second-order valence-corrected chi connectivity index (χ2v) is 5.77. The average molecular weight is 292 g/mol. The van der Waals surface area contributed by atoms with Crippen LogP contribution in [0.5, 0.6) is 5.75 Å². The van der Waals surface area contributed by atoms with Gasteiger partial charge in [-0.05, 0) is 31.0 Å².